The maximum absolute atomic E-state index is 5.20. The summed E-state index contributed by atoms with van der Waals surface area (Å²) in [4.78, 5) is 10.4. The fourth-order valence-electron chi connectivity index (χ4n) is 10.2. The van der Waals surface area contributed by atoms with Crippen LogP contribution < -0.4 is 0 Å². The molecule has 2 nitrogen and oxygen atoms in total. The van der Waals surface area contributed by atoms with E-state index in [0.29, 0.717) is 5.82 Å². The number of fused-ring (bicyclic) bond motifs is 6. The Morgan fingerprint density at radius 1 is 0.286 bits per heavy atom. The van der Waals surface area contributed by atoms with Gasteiger partial charge in [-0.05, 0) is 89.3 Å². The second-order valence-corrected chi connectivity index (χ2v) is 16.4. The molecule has 2 heteroatoms. The monoisotopic (exact) mass is 800 g/mol. The molecule has 0 saturated carbocycles. The lowest BCUT2D eigenvalue weighted by atomic mass is 9.67. The van der Waals surface area contributed by atoms with Crippen molar-refractivity contribution in [2.24, 2.45) is 0 Å². The van der Waals surface area contributed by atoms with Crippen LogP contribution in [-0.2, 0) is 5.41 Å². The molecule has 0 amide bonds. The topological polar surface area (TPSA) is 25.8 Å². The van der Waals surface area contributed by atoms with Crippen molar-refractivity contribution in [1.82, 2.24) is 9.97 Å². The fraction of sp³-hybridized carbons (Fsp3) is 0.0164. The van der Waals surface area contributed by atoms with Gasteiger partial charge in [0.25, 0.3) is 0 Å². The van der Waals surface area contributed by atoms with Gasteiger partial charge in [0.1, 0.15) is 0 Å². The summed E-state index contributed by atoms with van der Waals surface area (Å²) in [7, 11) is 0. The third-order valence-corrected chi connectivity index (χ3v) is 13.0. The van der Waals surface area contributed by atoms with Crippen molar-refractivity contribution in [2.45, 2.75) is 5.41 Å². The SMILES string of the molecule is c1ccc(-c2cc(-c3ccccc3)nc(-c3ccc(-c4ccc(-c5cccc6c5-c5c(ccc7ccccc57)C6(c5ccccc5)c5ccccc5)cc4)c4ccccc34)n2)cc1. The predicted octanol–water partition coefficient (Wildman–Crippen LogP) is 15.5. The van der Waals surface area contributed by atoms with E-state index in [9.17, 15) is 0 Å². The Labute approximate surface area is 367 Å². The van der Waals surface area contributed by atoms with Crippen LogP contribution in [0.25, 0.3) is 88.8 Å². The lowest BCUT2D eigenvalue weighted by Crippen LogP contribution is -2.28. The molecular weight excluding hydrogens is 761 g/mol. The molecular formula is C61H40N2. The quantitative estimate of drug-likeness (QED) is 0.160. The summed E-state index contributed by atoms with van der Waals surface area (Å²) in [6.07, 6.45) is 0. The molecule has 0 saturated heterocycles. The largest absolute Gasteiger partial charge is 0.228 e. The maximum atomic E-state index is 5.20. The molecule has 1 aliphatic carbocycles. The maximum Gasteiger partial charge on any atom is 0.161 e. The predicted molar refractivity (Wildman–Crippen MR) is 262 cm³/mol. The van der Waals surface area contributed by atoms with Gasteiger partial charge < -0.3 is 0 Å². The van der Waals surface area contributed by atoms with Crippen LogP contribution in [-0.4, -0.2) is 9.97 Å². The fourth-order valence-corrected chi connectivity index (χ4v) is 10.2. The van der Waals surface area contributed by atoms with Gasteiger partial charge in [0.05, 0.1) is 16.8 Å². The van der Waals surface area contributed by atoms with Gasteiger partial charge in [0, 0.05) is 16.7 Å². The summed E-state index contributed by atoms with van der Waals surface area (Å²) >= 11 is 0. The first kappa shape index (κ1) is 36.6. The van der Waals surface area contributed by atoms with E-state index in [2.05, 4.69) is 231 Å². The normalized spacial score (nSPS) is 12.6. The molecule has 0 spiro atoms. The van der Waals surface area contributed by atoms with E-state index in [4.69, 9.17) is 9.97 Å². The van der Waals surface area contributed by atoms with Crippen molar-refractivity contribution in [2.75, 3.05) is 0 Å². The second kappa shape index (κ2) is 15.1. The van der Waals surface area contributed by atoms with E-state index >= 15 is 0 Å². The van der Waals surface area contributed by atoms with E-state index < -0.39 is 5.41 Å². The molecule has 1 aromatic heterocycles. The molecule has 0 unspecified atom stereocenters. The summed E-state index contributed by atoms with van der Waals surface area (Å²) in [5, 5.41) is 4.79. The lowest BCUT2D eigenvalue weighted by Gasteiger charge is -2.34. The van der Waals surface area contributed by atoms with Crippen LogP contribution in [0, 0.1) is 0 Å². The van der Waals surface area contributed by atoms with Crippen molar-refractivity contribution in [1.29, 1.82) is 0 Å². The first-order chi connectivity index (χ1) is 31.3. The highest BCUT2D eigenvalue weighted by Gasteiger charge is 2.47. The van der Waals surface area contributed by atoms with E-state index in [0.717, 1.165) is 44.4 Å². The summed E-state index contributed by atoms with van der Waals surface area (Å²) in [6, 6.07) is 87.7. The van der Waals surface area contributed by atoms with Crippen LogP contribution in [0.3, 0.4) is 0 Å². The Hall–Kier alpha value is -8.20. The summed E-state index contributed by atoms with van der Waals surface area (Å²) in [6.45, 7) is 0. The van der Waals surface area contributed by atoms with Crippen LogP contribution in [0.5, 0.6) is 0 Å². The minimum Gasteiger partial charge on any atom is -0.228 e. The van der Waals surface area contributed by atoms with E-state index in [1.54, 1.807) is 0 Å². The number of aromatic nitrogens is 2. The van der Waals surface area contributed by atoms with Gasteiger partial charge in [-0.25, -0.2) is 9.97 Å². The number of nitrogens with zero attached hydrogens (tertiary/aromatic N) is 2. The summed E-state index contributed by atoms with van der Waals surface area (Å²) in [5.74, 6) is 0.709. The Balaban J connectivity index is 1.01. The van der Waals surface area contributed by atoms with Crippen molar-refractivity contribution in [3.05, 3.63) is 265 Å². The van der Waals surface area contributed by atoms with E-state index in [1.165, 1.54) is 60.8 Å². The van der Waals surface area contributed by atoms with Gasteiger partial charge in [0.2, 0.25) is 0 Å². The molecule has 12 rings (SSSR count). The number of hydrogen-bond acceptors (Lipinski definition) is 2. The van der Waals surface area contributed by atoms with Crippen molar-refractivity contribution >= 4 is 21.5 Å². The molecule has 0 N–H and O–H groups in total. The highest BCUT2D eigenvalue weighted by Crippen LogP contribution is 2.60. The van der Waals surface area contributed by atoms with Crippen molar-refractivity contribution < 1.29 is 0 Å². The number of hydrogen-bond donors (Lipinski definition) is 0. The van der Waals surface area contributed by atoms with E-state index in [-0.39, 0.29) is 0 Å². The van der Waals surface area contributed by atoms with Crippen LogP contribution in [0.1, 0.15) is 22.3 Å². The van der Waals surface area contributed by atoms with Gasteiger partial charge in [-0.2, -0.15) is 0 Å². The van der Waals surface area contributed by atoms with Gasteiger partial charge in [-0.3, -0.25) is 0 Å². The van der Waals surface area contributed by atoms with Crippen LogP contribution in [0.15, 0.2) is 243 Å². The highest BCUT2D eigenvalue weighted by atomic mass is 14.9. The molecule has 10 aromatic carbocycles. The zero-order chi connectivity index (χ0) is 41.7. The Bertz CT molecular complexity index is 3370. The Morgan fingerprint density at radius 3 is 1.37 bits per heavy atom. The minimum absolute atomic E-state index is 0.486. The van der Waals surface area contributed by atoms with E-state index in [1.807, 2.05) is 12.1 Å². The molecule has 0 radical (unpaired) electrons. The third-order valence-electron chi connectivity index (χ3n) is 13.0. The van der Waals surface area contributed by atoms with Crippen LogP contribution in [0.2, 0.25) is 0 Å². The van der Waals surface area contributed by atoms with Gasteiger partial charge in [0.15, 0.2) is 5.82 Å². The third kappa shape index (κ3) is 5.95. The molecule has 1 heterocycles. The molecule has 11 aromatic rings. The molecule has 63 heavy (non-hydrogen) atoms. The summed E-state index contributed by atoms with van der Waals surface area (Å²) in [5.41, 5.74) is 17.0. The van der Waals surface area contributed by atoms with Crippen LogP contribution in [0.4, 0.5) is 0 Å². The summed E-state index contributed by atoms with van der Waals surface area (Å²) < 4.78 is 0. The lowest BCUT2D eigenvalue weighted by molar-refractivity contribution is 0.769. The van der Waals surface area contributed by atoms with Crippen LogP contribution >= 0.6 is 0 Å². The zero-order valence-electron chi connectivity index (χ0n) is 34.5. The molecule has 0 atom stereocenters. The van der Waals surface area contributed by atoms with Gasteiger partial charge in [-0.15, -0.1) is 0 Å². The molecule has 294 valence electrons. The van der Waals surface area contributed by atoms with Gasteiger partial charge >= 0.3 is 0 Å². The number of rotatable bonds is 7. The van der Waals surface area contributed by atoms with Gasteiger partial charge in [-0.1, -0.05) is 231 Å². The second-order valence-electron chi connectivity index (χ2n) is 16.4. The first-order valence-electron chi connectivity index (χ1n) is 21.7. The van der Waals surface area contributed by atoms with Crippen molar-refractivity contribution in [3.8, 4) is 67.3 Å². The van der Waals surface area contributed by atoms with Crippen molar-refractivity contribution in [3.63, 3.8) is 0 Å². The number of benzene rings is 10. The molecule has 0 aliphatic heterocycles. The smallest absolute Gasteiger partial charge is 0.161 e. The highest BCUT2D eigenvalue weighted by molar-refractivity contribution is 6.08. The minimum atomic E-state index is -0.486. The molecule has 0 fully saturated rings. The zero-order valence-corrected chi connectivity index (χ0v) is 34.5. The Kier molecular flexibility index (Phi) is 8.76. The average molecular weight is 801 g/mol. The average Bonchev–Trinajstić information content (AvgIpc) is 3.69. The first-order valence-corrected chi connectivity index (χ1v) is 21.7. The standard InChI is InChI=1S/C61H40N2/c1-5-19-44(20-6-1)56-40-57(45-21-7-2-8-22-45)63-60(62-56)53-38-37-48(51-28-15-16-29-52(51)53)42-32-34-43(35-33-42)50-30-17-31-54-58(50)59-49-27-14-13-18-41(49)36-39-55(59)61(54,46-23-9-3-10-24-46)47-25-11-4-12-26-47/h1-40H. The molecule has 1 aliphatic rings. The Morgan fingerprint density at radius 2 is 0.762 bits per heavy atom. The molecule has 0 bridgehead atoms.